The van der Waals surface area contributed by atoms with E-state index in [1.54, 1.807) is 22.8 Å². The molecule has 12 heteroatoms. The molecule has 2 aromatic carbocycles. The van der Waals surface area contributed by atoms with E-state index in [9.17, 15) is 22.0 Å². The number of hydrogen-bond acceptors (Lipinski definition) is 6. The lowest BCUT2D eigenvalue weighted by Crippen LogP contribution is -2.29. The van der Waals surface area contributed by atoms with Crippen LogP contribution in [0.2, 0.25) is 5.02 Å². The molecule has 33 heavy (non-hydrogen) atoms. The average Bonchev–Trinajstić information content (AvgIpc) is 3.23. The van der Waals surface area contributed by atoms with Gasteiger partial charge in [0.2, 0.25) is 0 Å². The summed E-state index contributed by atoms with van der Waals surface area (Å²) in [6, 6.07) is 6.31. The molecule has 172 valence electrons. The highest BCUT2D eigenvalue weighted by molar-refractivity contribution is 7.97. The summed E-state index contributed by atoms with van der Waals surface area (Å²) in [7, 11) is -4.08. The lowest BCUT2D eigenvalue weighted by Gasteiger charge is -2.21. The van der Waals surface area contributed by atoms with Gasteiger partial charge in [-0.25, -0.2) is 17.2 Å². The quantitative estimate of drug-likeness (QED) is 0.493. The van der Waals surface area contributed by atoms with E-state index in [0.717, 1.165) is 12.1 Å². The number of hydrogen-bond donors (Lipinski definition) is 3. The Balaban J connectivity index is 1.60. The van der Waals surface area contributed by atoms with Crippen molar-refractivity contribution in [3.05, 3.63) is 99.3 Å². The number of halogens is 3. The third-order valence-corrected chi connectivity index (χ3v) is 7.23. The molecule has 0 saturated carbocycles. The zero-order valence-corrected chi connectivity index (χ0v) is 19.4. The van der Waals surface area contributed by atoms with Crippen molar-refractivity contribution in [2.75, 3.05) is 4.72 Å². The SMILES string of the molecule is C[C@@H](NC(=O)c1cc(Cl)ccc1NS(=O)(=O)C1=CC=CN2SNC=C12)c1ccc(F)cc1F. The second kappa shape index (κ2) is 9.08. The molecule has 2 aliphatic heterocycles. The minimum atomic E-state index is -4.08. The molecular weight excluding hydrogens is 494 g/mol. The molecule has 0 aromatic heterocycles. The summed E-state index contributed by atoms with van der Waals surface area (Å²) < 4.78 is 60.5. The Labute approximate surface area is 198 Å². The van der Waals surface area contributed by atoms with Gasteiger partial charge in [-0.2, -0.15) is 0 Å². The normalized spacial score (nSPS) is 15.8. The van der Waals surface area contributed by atoms with Crippen molar-refractivity contribution in [3.8, 4) is 0 Å². The number of rotatable bonds is 6. The van der Waals surface area contributed by atoms with E-state index in [0.29, 0.717) is 5.70 Å². The molecule has 0 spiro atoms. The number of allylic oxidation sites excluding steroid dienone is 2. The van der Waals surface area contributed by atoms with Gasteiger partial charge in [0, 0.05) is 29.1 Å². The number of carbonyl (C=O) groups is 1. The first kappa shape index (κ1) is 23.1. The van der Waals surface area contributed by atoms with Gasteiger partial charge in [-0.3, -0.25) is 13.8 Å². The van der Waals surface area contributed by atoms with Gasteiger partial charge >= 0.3 is 0 Å². The molecule has 3 N–H and O–H groups in total. The fourth-order valence-corrected chi connectivity index (χ4v) is 5.42. The predicted octanol–water partition coefficient (Wildman–Crippen LogP) is 4.57. The van der Waals surface area contributed by atoms with E-state index < -0.39 is 33.6 Å². The number of amides is 1. The number of sulfonamides is 1. The summed E-state index contributed by atoms with van der Waals surface area (Å²) in [5.41, 5.74) is 0.434. The van der Waals surface area contributed by atoms with Crippen LogP contribution < -0.4 is 14.8 Å². The van der Waals surface area contributed by atoms with Crippen LogP contribution in [0.1, 0.15) is 28.9 Å². The molecule has 2 aromatic rings. The molecule has 0 fully saturated rings. The van der Waals surface area contributed by atoms with E-state index in [-0.39, 0.29) is 26.7 Å². The van der Waals surface area contributed by atoms with Crippen LogP contribution in [0.15, 0.2) is 71.6 Å². The molecule has 0 saturated heterocycles. The van der Waals surface area contributed by atoms with Crippen molar-refractivity contribution in [1.82, 2.24) is 14.3 Å². The Morgan fingerprint density at radius 1 is 1.21 bits per heavy atom. The van der Waals surface area contributed by atoms with E-state index in [1.165, 1.54) is 49.4 Å². The predicted molar refractivity (Wildman–Crippen MR) is 124 cm³/mol. The maximum atomic E-state index is 14.1. The molecule has 2 heterocycles. The summed E-state index contributed by atoms with van der Waals surface area (Å²) in [6.07, 6.45) is 6.27. The second-order valence-electron chi connectivity index (χ2n) is 7.09. The Morgan fingerprint density at radius 3 is 2.76 bits per heavy atom. The summed E-state index contributed by atoms with van der Waals surface area (Å²) in [6.45, 7) is 1.52. The maximum Gasteiger partial charge on any atom is 0.264 e. The maximum absolute atomic E-state index is 14.1. The number of fused-ring (bicyclic) bond motifs is 1. The number of benzene rings is 2. The molecule has 0 unspecified atom stereocenters. The lowest BCUT2D eigenvalue weighted by atomic mass is 10.1. The van der Waals surface area contributed by atoms with Gasteiger partial charge in [0.25, 0.3) is 15.9 Å². The molecule has 2 aliphatic rings. The first-order valence-electron chi connectivity index (χ1n) is 9.54. The third kappa shape index (κ3) is 4.85. The van der Waals surface area contributed by atoms with Gasteiger partial charge in [0.1, 0.15) is 16.5 Å². The van der Waals surface area contributed by atoms with Crippen LogP contribution in [0.5, 0.6) is 0 Å². The number of nitrogens with one attached hydrogen (secondary N) is 3. The Hall–Kier alpha value is -3.02. The van der Waals surface area contributed by atoms with Crippen LogP contribution in [-0.4, -0.2) is 18.6 Å². The van der Waals surface area contributed by atoms with E-state index in [4.69, 9.17) is 11.6 Å². The standard InChI is InChI=1S/C21H17ClF2N4O3S2/c1-12(15-6-5-14(23)10-17(15)24)26-21(29)16-9-13(22)4-7-18(16)27-33(30,31)20-3-2-8-28-19(20)11-25-32-28/h2-12,25,27H,1H3,(H,26,29)/t12-/m1/s1. The Morgan fingerprint density at radius 2 is 2.00 bits per heavy atom. The van der Waals surface area contributed by atoms with Crippen molar-refractivity contribution in [3.63, 3.8) is 0 Å². The topological polar surface area (TPSA) is 90.5 Å². The zero-order chi connectivity index (χ0) is 23.8. The largest absolute Gasteiger partial charge is 0.345 e. The monoisotopic (exact) mass is 510 g/mol. The summed E-state index contributed by atoms with van der Waals surface area (Å²) in [5.74, 6) is -2.24. The molecule has 0 bridgehead atoms. The average molecular weight is 511 g/mol. The van der Waals surface area contributed by atoms with Crippen molar-refractivity contribution in [1.29, 1.82) is 0 Å². The fourth-order valence-electron chi connectivity index (χ4n) is 3.26. The summed E-state index contributed by atoms with van der Waals surface area (Å²) >= 11 is 7.25. The van der Waals surface area contributed by atoms with Gasteiger partial charge in [-0.05, 0) is 43.3 Å². The van der Waals surface area contributed by atoms with Gasteiger partial charge < -0.3 is 10.0 Å². The molecule has 4 rings (SSSR count). The van der Waals surface area contributed by atoms with Crippen molar-refractivity contribution in [2.24, 2.45) is 0 Å². The van der Waals surface area contributed by atoms with Crippen molar-refractivity contribution >= 4 is 45.4 Å². The number of carbonyl (C=O) groups excluding carboxylic acids is 1. The highest BCUT2D eigenvalue weighted by Gasteiger charge is 2.30. The molecule has 1 amide bonds. The first-order chi connectivity index (χ1) is 15.7. The van der Waals surface area contributed by atoms with Crippen molar-refractivity contribution < 1.29 is 22.0 Å². The lowest BCUT2D eigenvalue weighted by molar-refractivity contribution is 0.0940. The Bertz CT molecular complexity index is 1330. The molecule has 1 atom stereocenters. The fraction of sp³-hybridized carbons (Fsp3) is 0.0952. The van der Waals surface area contributed by atoms with Crippen LogP contribution in [0.25, 0.3) is 0 Å². The highest BCUT2D eigenvalue weighted by atomic mass is 35.5. The second-order valence-corrected chi connectivity index (χ2v) is 9.99. The van der Waals surface area contributed by atoms with Crippen LogP contribution >= 0.6 is 23.7 Å². The van der Waals surface area contributed by atoms with Gasteiger partial charge in [0.05, 0.1) is 35.1 Å². The minimum absolute atomic E-state index is 0.00515. The van der Waals surface area contributed by atoms with Gasteiger partial charge in [0.15, 0.2) is 0 Å². The van der Waals surface area contributed by atoms with Gasteiger partial charge in [-0.1, -0.05) is 17.7 Å². The summed E-state index contributed by atoms with van der Waals surface area (Å²) in [5, 5.41) is 2.79. The third-order valence-electron chi connectivity index (χ3n) is 4.84. The molecular formula is C21H17ClF2N4O3S2. The molecule has 0 aliphatic carbocycles. The number of nitrogens with zero attached hydrogens (tertiary/aromatic N) is 1. The molecule has 7 nitrogen and oxygen atoms in total. The van der Waals surface area contributed by atoms with Crippen LogP contribution in [0.3, 0.4) is 0 Å². The molecule has 0 radical (unpaired) electrons. The van der Waals surface area contributed by atoms with Gasteiger partial charge in [-0.15, -0.1) is 0 Å². The van der Waals surface area contributed by atoms with E-state index >= 15 is 0 Å². The smallest absolute Gasteiger partial charge is 0.264 e. The zero-order valence-electron chi connectivity index (χ0n) is 17.0. The highest BCUT2D eigenvalue weighted by Crippen LogP contribution is 2.34. The summed E-state index contributed by atoms with van der Waals surface area (Å²) in [4.78, 5) is 13.0. The Kier molecular flexibility index (Phi) is 6.37. The van der Waals surface area contributed by atoms with Crippen molar-refractivity contribution in [2.45, 2.75) is 13.0 Å². The van der Waals surface area contributed by atoms with Crippen LogP contribution in [0, 0.1) is 11.6 Å². The van der Waals surface area contributed by atoms with E-state index in [2.05, 4.69) is 14.8 Å². The van der Waals surface area contributed by atoms with E-state index in [1.807, 2.05) is 0 Å². The minimum Gasteiger partial charge on any atom is -0.345 e. The van der Waals surface area contributed by atoms with Crippen LogP contribution in [-0.2, 0) is 10.0 Å². The number of anilines is 1. The van der Waals surface area contributed by atoms with Crippen LogP contribution in [0.4, 0.5) is 14.5 Å². The first-order valence-corrected chi connectivity index (χ1v) is 12.2.